The van der Waals surface area contributed by atoms with E-state index in [1.165, 1.54) is 12.1 Å². The van der Waals surface area contributed by atoms with Crippen molar-refractivity contribution in [3.8, 4) is 0 Å². The van der Waals surface area contributed by atoms with Gasteiger partial charge in [-0.3, -0.25) is 14.4 Å². The zero-order valence-corrected chi connectivity index (χ0v) is 15.7. The molecule has 0 spiro atoms. The molecule has 0 unspecified atom stereocenters. The summed E-state index contributed by atoms with van der Waals surface area (Å²) >= 11 is 0. The second-order valence-corrected chi connectivity index (χ2v) is 7.07. The van der Waals surface area contributed by atoms with Crippen molar-refractivity contribution in [2.45, 2.75) is 38.3 Å². The Morgan fingerprint density at radius 2 is 1.96 bits per heavy atom. The molecule has 0 radical (unpaired) electrons. The van der Waals surface area contributed by atoms with Gasteiger partial charge in [-0.15, -0.1) is 0 Å². The number of morpholine rings is 1. The Bertz CT molecular complexity index is 740. The van der Waals surface area contributed by atoms with Crippen molar-refractivity contribution in [1.29, 1.82) is 0 Å². The molecule has 0 aromatic carbocycles. The van der Waals surface area contributed by atoms with Gasteiger partial charge in [-0.1, -0.05) is 0 Å². The first-order valence-electron chi connectivity index (χ1n) is 9.30. The summed E-state index contributed by atoms with van der Waals surface area (Å²) in [7, 11) is 1.60. The third kappa shape index (κ3) is 4.75. The second kappa shape index (κ2) is 8.67. The maximum atomic E-state index is 12.8. The van der Waals surface area contributed by atoms with Gasteiger partial charge in [0.1, 0.15) is 5.76 Å². The van der Waals surface area contributed by atoms with Crippen LogP contribution >= 0.6 is 0 Å². The van der Waals surface area contributed by atoms with Crippen LogP contribution in [-0.4, -0.2) is 62.3 Å². The Morgan fingerprint density at radius 1 is 1.22 bits per heavy atom. The molecule has 1 saturated heterocycles. The molecular weight excluding hydrogens is 352 g/mol. The summed E-state index contributed by atoms with van der Waals surface area (Å²) in [6, 6.07) is 2.17. The van der Waals surface area contributed by atoms with Crippen molar-refractivity contribution in [2.75, 3.05) is 33.4 Å². The molecule has 2 amide bonds. The summed E-state index contributed by atoms with van der Waals surface area (Å²) in [4.78, 5) is 38.8. The summed E-state index contributed by atoms with van der Waals surface area (Å²) in [5, 5.41) is 2.89. The average molecular weight is 378 g/mol. The highest BCUT2D eigenvalue weighted by molar-refractivity contribution is 5.91. The number of methoxy groups -OCH3 is 1. The van der Waals surface area contributed by atoms with E-state index in [9.17, 15) is 14.4 Å². The predicted octanol–water partition coefficient (Wildman–Crippen LogP) is 0.721. The zero-order valence-electron chi connectivity index (χ0n) is 15.7. The molecule has 2 fully saturated rings. The molecule has 1 aromatic rings. The Morgan fingerprint density at radius 3 is 2.63 bits per heavy atom. The molecule has 148 valence electrons. The first-order valence-corrected chi connectivity index (χ1v) is 9.30. The molecule has 3 atom stereocenters. The molecule has 1 N–H and O–H groups in total. The van der Waals surface area contributed by atoms with E-state index in [2.05, 4.69) is 5.32 Å². The van der Waals surface area contributed by atoms with Gasteiger partial charge in [0.05, 0.1) is 25.4 Å². The van der Waals surface area contributed by atoms with Crippen LogP contribution in [0.4, 0.5) is 0 Å². The molecule has 1 aromatic heterocycles. The van der Waals surface area contributed by atoms with E-state index in [1.54, 1.807) is 14.0 Å². The van der Waals surface area contributed by atoms with E-state index in [0.717, 1.165) is 6.42 Å². The van der Waals surface area contributed by atoms with Crippen molar-refractivity contribution in [3.63, 3.8) is 0 Å². The topological polar surface area (TPSA) is 98.1 Å². The maximum Gasteiger partial charge on any atom is 0.287 e. The predicted molar refractivity (Wildman–Crippen MR) is 96.5 cm³/mol. The van der Waals surface area contributed by atoms with Crippen molar-refractivity contribution < 1.29 is 23.5 Å². The molecule has 3 rings (SSSR count). The second-order valence-electron chi connectivity index (χ2n) is 7.07. The van der Waals surface area contributed by atoms with Crippen LogP contribution in [-0.2, 0) is 14.3 Å². The fourth-order valence-electron chi connectivity index (χ4n) is 3.80. The average Bonchev–Trinajstić information content (AvgIpc) is 2.67. The summed E-state index contributed by atoms with van der Waals surface area (Å²) in [6.45, 7) is 3.95. The molecular formula is C19H26N2O6. The Balaban J connectivity index is 1.68. The minimum absolute atomic E-state index is 0.0310. The highest BCUT2D eigenvalue weighted by atomic mass is 16.5. The molecule has 1 saturated carbocycles. The van der Waals surface area contributed by atoms with E-state index >= 15 is 0 Å². The lowest BCUT2D eigenvalue weighted by molar-refractivity contribution is -0.142. The van der Waals surface area contributed by atoms with Crippen LogP contribution in [0.15, 0.2) is 21.3 Å². The Kier molecular flexibility index (Phi) is 6.28. The van der Waals surface area contributed by atoms with Crippen molar-refractivity contribution in [2.24, 2.45) is 5.92 Å². The van der Waals surface area contributed by atoms with E-state index < -0.39 is 5.91 Å². The van der Waals surface area contributed by atoms with Gasteiger partial charge in [0.15, 0.2) is 11.2 Å². The number of amides is 2. The lowest BCUT2D eigenvalue weighted by Crippen LogP contribution is -2.52. The van der Waals surface area contributed by atoms with Crippen LogP contribution in [0.5, 0.6) is 0 Å². The Hall–Kier alpha value is -2.19. The number of aryl methyl sites for hydroxylation is 1. The lowest BCUT2D eigenvalue weighted by atomic mass is 9.82. The van der Waals surface area contributed by atoms with Crippen LogP contribution in [0.1, 0.15) is 35.6 Å². The standard InChI is InChI=1S/C19H26N2O6/c1-12-9-14(22)11-17(27-12)18(23)20-15-10-13(3-4-16(15)25-2)19(24)21-5-7-26-8-6-21/h9,11,13,15-16H,3-8,10H2,1-2H3,(H,20,23)/t13-,15+,16+/m0/s1. The number of nitrogens with zero attached hydrogens (tertiary/aromatic N) is 1. The van der Waals surface area contributed by atoms with Crippen molar-refractivity contribution in [3.05, 3.63) is 33.9 Å². The van der Waals surface area contributed by atoms with Gasteiger partial charge in [-0.05, 0) is 26.2 Å². The summed E-state index contributed by atoms with van der Waals surface area (Å²) in [5.41, 5.74) is -0.281. The minimum Gasteiger partial charge on any atom is -0.456 e. The number of hydrogen-bond donors (Lipinski definition) is 1. The van der Waals surface area contributed by atoms with Crippen LogP contribution in [0.2, 0.25) is 0 Å². The van der Waals surface area contributed by atoms with E-state index in [-0.39, 0.29) is 35.2 Å². The summed E-state index contributed by atoms with van der Waals surface area (Å²) in [6.07, 6.45) is 1.72. The molecule has 1 aliphatic heterocycles. The van der Waals surface area contributed by atoms with Gasteiger partial charge >= 0.3 is 0 Å². The van der Waals surface area contributed by atoms with Crippen molar-refractivity contribution in [1.82, 2.24) is 10.2 Å². The van der Waals surface area contributed by atoms with E-state index in [0.29, 0.717) is 44.9 Å². The van der Waals surface area contributed by atoms with E-state index in [4.69, 9.17) is 13.9 Å². The van der Waals surface area contributed by atoms with Crippen LogP contribution in [0.3, 0.4) is 0 Å². The van der Waals surface area contributed by atoms with Gasteiger partial charge in [0, 0.05) is 38.2 Å². The fourth-order valence-corrected chi connectivity index (χ4v) is 3.80. The highest BCUT2D eigenvalue weighted by Gasteiger charge is 2.37. The molecule has 8 heteroatoms. The van der Waals surface area contributed by atoms with Gasteiger partial charge in [-0.2, -0.15) is 0 Å². The lowest BCUT2D eigenvalue weighted by Gasteiger charge is -2.38. The molecule has 8 nitrogen and oxygen atoms in total. The van der Waals surface area contributed by atoms with Gasteiger partial charge < -0.3 is 24.1 Å². The van der Waals surface area contributed by atoms with Crippen molar-refractivity contribution >= 4 is 11.8 Å². The quantitative estimate of drug-likeness (QED) is 0.829. The normalized spacial score (nSPS) is 25.9. The molecule has 27 heavy (non-hydrogen) atoms. The summed E-state index contributed by atoms with van der Waals surface area (Å²) < 4.78 is 16.2. The van der Waals surface area contributed by atoms with Gasteiger partial charge in [-0.25, -0.2) is 0 Å². The van der Waals surface area contributed by atoms with Gasteiger partial charge in [0.2, 0.25) is 5.91 Å². The largest absolute Gasteiger partial charge is 0.456 e. The maximum absolute atomic E-state index is 12.8. The smallest absolute Gasteiger partial charge is 0.287 e. The first kappa shape index (κ1) is 19.6. The van der Waals surface area contributed by atoms with Crippen LogP contribution < -0.4 is 10.7 Å². The number of ether oxygens (including phenoxy) is 2. The SMILES string of the molecule is CO[C@@H]1CC[C@H](C(=O)N2CCOCC2)C[C@H]1NC(=O)c1cc(=O)cc(C)o1. The zero-order chi connectivity index (χ0) is 19.4. The Labute approximate surface area is 157 Å². The van der Waals surface area contributed by atoms with Crippen LogP contribution in [0.25, 0.3) is 0 Å². The molecule has 2 heterocycles. The number of carbonyl (C=O) groups excluding carboxylic acids is 2. The fraction of sp³-hybridized carbons (Fsp3) is 0.632. The molecule has 2 aliphatic rings. The van der Waals surface area contributed by atoms with E-state index in [1.807, 2.05) is 4.90 Å². The highest BCUT2D eigenvalue weighted by Crippen LogP contribution is 2.28. The number of carbonyl (C=O) groups is 2. The minimum atomic E-state index is -0.470. The monoisotopic (exact) mass is 378 g/mol. The number of nitrogens with one attached hydrogen (secondary N) is 1. The summed E-state index contributed by atoms with van der Waals surface area (Å²) in [5.74, 6) is -0.183. The van der Waals surface area contributed by atoms with Gasteiger partial charge in [0.25, 0.3) is 5.91 Å². The number of hydrogen-bond acceptors (Lipinski definition) is 6. The molecule has 0 bridgehead atoms. The number of rotatable bonds is 4. The molecule has 1 aliphatic carbocycles. The van der Waals surface area contributed by atoms with Crippen LogP contribution in [0, 0.1) is 12.8 Å². The third-order valence-electron chi connectivity index (χ3n) is 5.19. The third-order valence-corrected chi connectivity index (χ3v) is 5.19. The first-order chi connectivity index (χ1) is 13.0.